The second-order valence-electron chi connectivity index (χ2n) is 0.577. The molecule has 0 amide bonds. The van der Waals surface area contributed by atoms with Crippen LogP contribution in [0.3, 0.4) is 0 Å². The molecule has 0 aromatic rings. The molecule has 0 aliphatic carbocycles. The fraction of sp³-hybridized carbons (Fsp3) is 0. The van der Waals surface area contributed by atoms with Gasteiger partial charge in [-0.25, -0.2) is 0 Å². The molecule has 0 atom stereocenters. The first kappa shape index (κ1) is 29.2. The molecule has 2 radical (unpaired) electrons. The molecule has 11 heteroatoms. The largest absolute Gasteiger partial charge is 3.00 e. The van der Waals surface area contributed by atoms with E-state index in [1.54, 1.807) is 0 Å². The van der Waals surface area contributed by atoms with Gasteiger partial charge in [0.1, 0.15) is 0 Å². The van der Waals surface area contributed by atoms with E-state index in [-0.39, 0.29) is 90.5 Å². The summed E-state index contributed by atoms with van der Waals surface area (Å²) in [5.74, 6) is 0. The third-order valence-electron chi connectivity index (χ3n) is 0. The van der Waals surface area contributed by atoms with Gasteiger partial charge in [0.15, 0.2) is 0 Å². The Morgan fingerprint density at radius 3 is 0.636 bits per heavy atom. The quantitative estimate of drug-likeness (QED) is 0.356. The van der Waals surface area contributed by atoms with E-state index in [1.807, 2.05) is 0 Å². The van der Waals surface area contributed by atoms with Gasteiger partial charge in [0.2, 0.25) is 0 Å². The fourth-order valence-corrected chi connectivity index (χ4v) is 0. The van der Waals surface area contributed by atoms with Crippen LogP contribution >= 0.6 is 0 Å². The summed E-state index contributed by atoms with van der Waals surface area (Å²) in [4.78, 5) is 0. The summed E-state index contributed by atoms with van der Waals surface area (Å²) in [6.45, 7) is 0. The summed E-state index contributed by atoms with van der Waals surface area (Å²) in [7, 11) is -5.83. The fourth-order valence-electron chi connectivity index (χ4n) is 0. The van der Waals surface area contributed by atoms with Crippen molar-refractivity contribution < 1.29 is 49.0 Å². The van der Waals surface area contributed by atoms with Gasteiger partial charge in [0, 0.05) is 0 Å². The average Bonchev–Trinajstić information content (AvgIpc) is 1.25. The maximum absolute atomic E-state index is 8.42. The summed E-state index contributed by atoms with van der Waals surface area (Å²) in [5.41, 5.74) is 0. The van der Waals surface area contributed by atoms with Gasteiger partial charge < -0.3 is 30.1 Å². The van der Waals surface area contributed by atoms with Crippen LogP contribution in [-0.2, 0) is 0 Å². The number of hydrogen-bond acceptors (Lipinski definition) is 6. The molecule has 0 N–H and O–H groups in total. The molecule has 0 saturated carbocycles. The SMILES string of the molecule is [Bi+3].[Li+].[O-]B([O-])[O-].[O-]B([O-])[O-].[Sr+2]. The molecule has 0 spiro atoms. The average molecular weight is 421 g/mol. The maximum Gasteiger partial charge on any atom is 3.00 e. The van der Waals surface area contributed by atoms with E-state index in [4.69, 9.17) is 30.1 Å². The molecule has 0 saturated heterocycles. The summed E-state index contributed by atoms with van der Waals surface area (Å²) in [6.07, 6.45) is 0. The predicted molar refractivity (Wildman–Crippen MR) is 23.0 cm³/mol. The minimum Gasteiger partial charge on any atom is -0.907 e. The molecule has 0 bridgehead atoms. The van der Waals surface area contributed by atoms with E-state index in [0.29, 0.717) is 0 Å². The van der Waals surface area contributed by atoms with Crippen LogP contribution in [-0.4, -0.2) is 86.3 Å². The molecule has 6 nitrogen and oxygen atoms in total. The van der Waals surface area contributed by atoms with Crippen molar-refractivity contribution in [3.8, 4) is 0 Å². The molecule has 0 aromatic heterocycles. The van der Waals surface area contributed by atoms with E-state index >= 15 is 0 Å². The van der Waals surface area contributed by atoms with E-state index in [9.17, 15) is 0 Å². The van der Waals surface area contributed by atoms with Crippen molar-refractivity contribution >= 4 is 86.3 Å². The van der Waals surface area contributed by atoms with E-state index in [2.05, 4.69) is 0 Å². The molecule has 0 aliphatic rings. The van der Waals surface area contributed by atoms with Gasteiger partial charge in [-0.15, -0.1) is 0 Å². The van der Waals surface area contributed by atoms with Crippen molar-refractivity contribution in [3.63, 3.8) is 0 Å². The van der Waals surface area contributed by atoms with Crippen LogP contribution in [0.25, 0.3) is 0 Å². The monoisotopic (exact) mass is 422 g/mol. The first-order valence-electron chi connectivity index (χ1n) is 1.41. The van der Waals surface area contributed by atoms with Crippen LogP contribution in [0.4, 0.5) is 0 Å². The molecule has 11 heavy (non-hydrogen) atoms. The van der Waals surface area contributed by atoms with Gasteiger partial charge in [-0.2, -0.15) is 0 Å². The number of hydrogen-bond donors (Lipinski definition) is 0. The number of rotatable bonds is 0. The Balaban J connectivity index is -0.0000000171. The van der Waals surface area contributed by atoms with Crippen molar-refractivity contribution in [2.75, 3.05) is 0 Å². The van der Waals surface area contributed by atoms with E-state index < -0.39 is 14.6 Å². The zero-order chi connectivity index (χ0) is 7.15. The zero-order valence-electron chi connectivity index (χ0n) is 5.76. The normalized spacial score (nSPS) is 4.91. The van der Waals surface area contributed by atoms with Crippen molar-refractivity contribution in [3.05, 3.63) is 0 Å². The van der Waals surface area contributed by atoms with Crippen LogP contribution in [0.5, 0.6) is 0 Å². The van der Waals surface area contributed by atoms with E-state index in [0.717, 1.165) is 0 Å². The van der Waals surface area contributed by atoms with Gasteiger partial charge in [0.05, 0.1) is 0 Å². The van der Waals surface area contributed by atoms with Crippen molar-refractivity contribution in [2.24, 2.45) is 0 Å². The van der Waals surface area contributed by atoms with Crippen molar-refractivity contribution in [2.45, 2.75) is 0 Å². The molecule has 0 aliphatic heterocycles. The van der Waals surface area contributed by atoms with Crippen LogP contribution in [0, 0.1) is 0 Å². The first-order valence-corrected chi connectivity index (χ1v) is 1.41. The molecule has 0 fully saturated rings. The molecule has 50 valence electrons. The molecule has 0 unspecified atom stereocenters. The van der Waals surface area contributed by atoms with Crippen molar-refractivity contribution in [1.29, 1.82) is 0 Å². The van der Waals surface area contributed by atoms with Crippen LogP contribution in [0.1, 0.15) is 0 Å². The molecule has 0 rings (SSSR count). The third kappa shape index (κ3) is 186. The summed E-state index contributed by atoms with van der Waals surface area (Å²) < 4.78 is 0. The minimum atomic E-state index is -2.92. The summed E-state index contributed by atoms with van der Waals surface area (Å²) >= 11 is 0. The van der Waals surface area contributed by atoms with Crippen LogP contribution < -0.4 is 49.0 Å². The van der Waals surface area contributed by atoms with Crippen LogP contribution in [0.2, 0.25) is 0 Å². The Morgan fingerprint density at radius 1 is 0.636 bits per heavy atom. The van der Waals surface area contributed by atoms with Gasteiger partial charge >= 0.3 is 90.5 Å². The van der Waals surface area contributed by atoms with Crippen LogP contribution in [0.15, 0.2) is 0 Å². The smallest absolute Gasteiger partial charge is 0.907 e. The first-order chi connectivity index (χ1) is 3.46. The minimum absolute atomic E-state index is 0. The Bertz CT molecular complexity index is 36.1. The maximum atomic E-state index is 8.42. The Kier molecular flexibility index (Phi) is 61.2. The topological polar surface area (TPSA) is 138 Å². The van der Waals surface area contributed by atoms with Gasteiger partial charge in [-0.1, -0.05) is 0 Å². The molecular formula is B2BiLiO6Sr. The summed E-state index contributed by atoms with van der Waals surface area (Å²) in [6, 6.07) is 0. The standard InChI is InChI=1S/2BO3.Bi.Li.Sr/c2*2-1(3)4;;;/q2*-3;+3;+1;+2. The van der Waals surface area contributed by atoms with Gasteiger partial charge in [-0.3, -0.25) is 14.6 Å². The third-order valence-corrected chi connectivity index (χ3v) is 0. The van der Waals surface area contributed by atoms with Crippen molar-refractivity contribution in [1.82, 2.24) is 0 Å². The second kappa shape index (κ2) is 23.0. The Hall–Kier alpha value is 2.85. The van der Waals surface area contributed by atoms with Gasteiger partial charge in [-0.05, 0) is 0 Å². The predicted octanol–water partition coefficient (Wildman–Crippen LogP) is -11.7. The molecule has 0 aromatic carbocycles. The van der Waals surface area contributed by atoms with E-state index in [1.165, 1.54) is 0 Å². The zero-order valence-corrected chi connectivity index (χ0v) is 12.7. The Morgan fingerprint density at radius 2 is 0.636 bits per heavy atom. The Labute approximate surface area is 133 Å². The molecular weight excluding hydrogens is 421 g/mol. The van der Waals surface area contributed by atoms with Gasteiger partial charge in [0.25, 0.3) is 0 Å². The molecule has 0 heterocycles. The second-order valence-corrected chi connectivity index (χ2v) is 0.577. The summed E-state index contributed by atoms with van der Waals surface area (Å²) in [5, 5.41) is 50.5.